The molecule has 0 aliphatic rings. The topological polar surface area (TPSA) is 64.4 Å². The number of nitrogens with two attached hydrogens (primary N) is 1. The largest absolute Gasteiger partial charge is 0.411 e. The Morgan fingerprint density at radius 1 is 1.40 bits per heavy atom. The number of carbonyl (C=O) groups excluding carboxylic acids is 1. The third-order valence-corrected chi connectivity index (χ3v) is 2.41. The Morgan fingerprint density at radius 3 is 2.65 bits per heavy atom. The van der Waals surface area contributed by atoms with Gasteiger partial charge in [0.25, 0.3) is 0 Å². The monoisotopic (exact) mass is 290 g/mol. The molecule has 0 saturated carbocycles. The maximum atomic E-state index is 11.9. The van der Waals surface area contributed by atoms with Crippen molar-refractivity contribution in [3.05, 3.63) is 35.4 Å². The van der Waals surface area contributed by atoms with Gasteiger partial charge >= 0.3 is 6.18 Å². The second-order valence-corrected chi connectivity index (χ2v) is 4.43. The lowest BCUT2D eigenvalue weighted by Gasteiger charge is -2.10. The van der Waals surface area contributed by atoms with Gasteiger partial charge in [0.15, 0.2) is 0 Å². The Morgan fingerprint density at radius 2 is 2.05 bits per heavy atom. The van der Waals surface area contributed by atoms with Gasteiger partial charge in [0.1, 0.15) is 6.61 Å². The van der Waals surface area contributed by atoms with Gasteiger partial charge in [-0.2, -0.15) is 13.2 Å². The molecule has 0 aliphatic carbocycles. The average molecular weight is 290 g/mol. The van der Waals surface area contributed by atoms with Crippen molar-refractivity contribution >= 4 is 5.91 Å². The number of halogens is 3. The second-order valence-electron chi connectivity index (χ2n) is 4.43. The molecule has 0 saturated heterocycles. The van der Waals surface area contributed by atoms with E-state index in [1.54, 1.807) is 31.2 Å². The molecular weight excluding hydrogens is 273 g/mol. The standard InChI is InChI=1S/C13H17F3N2O2/c1-9(17)12(19)18-6-10-3-2-4-11(5-10)7-20-8-13(14,15)16/h2-5,9H,6-8,17H2,1H3,(H,18,19)/t9-/m1/s1. The highest BCUT2D eigenvalue weighted by molar-refractivity contribution is 5.80. The van der Waals surface area contributed by atoms with E-state index in [4.69, 9.17) is 5.73 Å². The zero-order valence-corrected chi connectivity index (χ0v) is 11.0. The van der Waals surface area contributed by atoms with Crippen molar-refractivity contribution in [1.29, 1.82) is 0 Å². The van der Waals surface area contributed by atoms with Crippen LogP contribution in [0.1, 0.15) is 18.1 Å². The number of hydrogen-bond donors (Lipinski definition) is 2. The predicted molar refractivity (Wildman–Crippen MR) is 67.6 cm³/mol. The van der Waals surface area contributed by atoms with Gasteiger partial charge in [-0.3, -0.25) is 4.79 Å². The number of alkyl halides is 3. The average Bonchev–Trinajstić information content (AvgIpc) is 2.34. The molecule has 20 heavy (non-hydrogen) atoms. The molecule has 0 bridgehead atoms. The maximum Gasteiger partial charge on any atom is 0.411 e. The SMILES string of the molecule is C[C@@H](N)C(=O)NCc1cccc(COCC(F)(F)F)c1. The van der Waals surface area contributed by atoms with E-state index >= 15 is 0 Å². The molecule has 0 spiro atoms. The highest BCUT2D eigenvalue weighted by Crippen LogP contribution is 2.16. The Labute approximate surface area is 115 Å². The zero-order valence-electron chi connectivity index (χ0n) is 11.0. The van der Waals surface area contributed by atoms with Gasteiger partial charge in [-0.05, 0) is 18.1 Å². The summed E-state index contributed by atoms with van der Waals surface area (Å²) >= 11 is 0. The Bertz CT molecular complexity index is 447. The molecule has 0 aromatic heterocycles. The molecule has 0 aliphatic heterocycles. The minimum atomic E-state index is -4.33. The fourth-order valence-electron chi connectivity index (χ4n) is 1.46. The molecule has 1 atom stereocenters. The summed E-state index contributed by atoms with van der Waals surface area (Å²) in [5.41, 5.74) is 6.78. The summed E-state index contributed by atoms with van der Waals surface area (Å²) in [5, 5.41) is 2.62. The van der Waals surface area contributed by atoms with Crippen LogP contribution >= 0.6 is 0 Å². The van der Waals surface area contributed by atoms with Crippen molar-refractivity contribution < 1.29 is 22.7 Å². The first-order valence-electron chi connectivity index (χ1n) is 6.03. The Hall–Kier alpha value is -1.60. The fourth-order valence-corrected chi connectivity index (χ4v) is 1.46. The van der Waals surface area contributed by atoms with E-state index < -0.39 is 18.8 Å². The van der Waals surface area contributed by atoms with E-state index in [-0.39, 0.29) is 19.1 Å². The number of hydrogen-bond acceptors (Lipinski definition) is 3. The molecule has 1 amide bonds. The first kappa shape index (κ1) is 16.5. The molecule has 3 N–H and O–H groups in total. The first-order chi connectivity index (χ1) is 9.28. The summed E-state index contributed by atoms with van der Waals surface area (Å²) in [6, 6.07) is 6.19. The highest BCUT2D eigenvalue weighted by atomic mass is 19.4. The molecule has 0 heterocycles. The summed E-state index contributed by atoms with van der Waals surface area (Å²) in [4.78, 5) is 11.3. The molecule has 4 nitrogen and oxygen atoms in total. The van der Waals surface area contributed by atoms with Crippen LogP contribution in [0.25, 0.3) is 0 Å². The van der Waals surface area contributed by atoms with Crippen LogP contribution in [0.3, 0.4) is 0 Å². The molecule has 1 aromatic carbocycles. The van der Waals surface area contributed by atoms with E-state index in [9.17, 15) is 18.0 Å². The molecule has 112 valence electrons. The second kappa shape index (κ2) is 7.25. The van der Waals surface area contributed by atoms with Crippen molar-refractivity contribution in [3.63, 3.8) is 0 Å². The van der Waals surface area contributed by atoms with Gasteiger partial charge in [0, 0.05) is 6.54 Å². The third-order valence-electron chi connectivity index (χ3n) is 2.41. The number of amides is 1. The molecule has 0 fully saturated rings. The minimum Gasteiger partial charge on any atom is -0.367 e. The van der Waals surface area contributed by atoms with Crippen molar-refractivity contribution in [3.8, 4) is 0 Å². The van der Waals surface area contributed by atoms with E-state index in [1.165, 1.54) is 0 Å². The Kier molecular flexibility index (Phi) is 5.97. The number of benzene rings is 1. The van der Waals surface area contributed by atoms with Crippen LogP contribution in [-0.2, 0) is 22.7 Å². The lowest BCUT2D eigenvalue weighted by molar-refractivity contribution is -0.176. The third kappa shape index (κ3) is 6.53. The Balaban J connectivity index is 2.47. The lowest BCUT2D eigenvalue weighted by atomic mass is 10.1. The number of nitrogens with one attached hydrogen (secondary N) is 1. The number of rotatable bonds is 6. The number of carbonyl (C=O) groups is 1. The van der Waals surface area contributed by atoms with Crippen LogP contribution in [-0.4, -0.2) is 24.7 Å². The van der Waals surface area contributed by atoms with Crippen LogP contribution in [0.5, 0.6) is 0 Å². The summed E-state index contributed by atoms with van der Waals surface area (Å²) in [6.45, 7) is 0.428. The van der Waals surface area contributed by atoms with Gasteiger partial charge in [-0.25, -0.2) is 0 Å². The summed E-state index contributed by atoms with van der Waals surface area (Å²) < 4.78 is 40.4. The molecule has 1 rings (SSSR count). The lowest BCUT2D eigenvalue weighted by Crippen LogP contribution is -2.37. The van der Waals surface area contributed by atoms with Crippen LogP contribution in [0, 0.1) is 0 Å². The van der Waals surface area contributed by atoms with Crippen molar-refractivity contribution in [2.75, 3.05) is 6.61 Å². The summed E-state index contributed by atoms with van der Waals surface area (Å²) in [5.74, 6) is -0.288. The van der Waals surface area contributed by atoms with Gasteiger partial charge in [-0.1, -0.05) is 24.3 Å². The normalized spacial score (nSPS) is 13.1. The maximum absolute atomic E-state index is 11.9. The van der Waals surface area contributed by atoms with E-state index in [1.807, 2.05) is 0 Å². The fraction of sp³-hybridized carbons (Fsp3) is 0.462. The quantitative estimate of drug-likeness (QED) is 0.838. The van der Waals surface area contributed by atoms with Crippen molar-refractivity contribution in [2.45, 2.75) is 32.3 Å². The van der Waals surface area contributed by atoms with Gasteiger partial charge in [0.05, 0.1) is 12.6 Å². The smallest absolute Gasteiger partial charge is 0.367 e. The van der Waals surface area contributed by atoms with E-state index in [0.29, 0.717) is 5.56 Å². The van der Waals surface area contributed by atoms with Gasteiger partial charge in [-0.15, -0.1) is 0 Å². The van der Waals surface area contributed by atoms with Gasteiger partial charge < -0.3 is 15.8 Å². The first-order valence-corrected chi connectivity index (χ1v) is 6.03. The zero-order chi connectivity index (χ0) is 15.2. The minimum absolute atomic E-state index is 0.130. The van der Waals surface area contributed by atoms with Crippen LogP contribution in [0.4, 0.5) is 13.2 Å². The number of ether oxygens (including phenoxy) is 1. The van der Waals surface area contributed by atoms with E-state index in [2.05, 4.69) is 10.1 Å². The summed E-state index contributed by atoms with van der Waals surface area (Å²) in [7, 11) is 0. The molecule has 1 aromatic rings. The van der Waals surface area contributed by atoms with Crippen LogP contribution in [0.2, 0.25) is 0 Å². The van der Waals surface area contributed by atoms with Crippen LogP contribution < -0.4 is 11.1 Å². The summed E-state index contributed by atoms with van der Waals surface area (Å²) in [6.07, 6.45) is -4.33. The molecular formula is C13H17F3N2O2. The highest BCUT2D eigenvalue weighted by Gasteiger charge is 2.27. The molecule has 0 radical (unpaired) electrons. The predicted octanol–water partition coefficient (Wildman–Crippen LogP) is 1.73. The molecule has 0 unspecified atom stereocenters. The van der Waals surface area contributed by atoms with Crippen molar-refractivity contribution in [1.82, 2.24) is 5.32 Å². The van der Waals surface area contributed by atoms with Crippen LogP contribution in [0.15, 0.2) is 24.3 Å². The molecule has 7 heteroatoms. The van der Waals surface area contributed by atoms with E-state index in [0.717, 1.165) is 5.56 Å². The van der Waals surface area contributed by atoms with Gasteiger partial charge in [0.2, 0.25) is 5.91 Å². The van der Waals surface area contributed by atoms with Crippen molar-refractivity contribution in [2.24, 2.45) is 5.73 Å².